The second-order valence-corrected chi connectivity index (χ2v) is 8.54. The molecule has 0 amide bonds. The van der Waals surface area contributed by atoms with Crippen LogP contribution in [0.2, 0.25) is 0 Å². The van der Waals surface area contributed by atoms with Gasteiger partial charge in [0.05, 0.1) is 25.2 Å². The van der Waals surface area contributed by atoms with Crippen molar-refractivity contribution in [3.8, 4) is 11.5 Å². The Morgan fingerprint density at radius 1 is 1.10 bits per heavy atom. The number of benzene rings is 2. The third-order valence-corrected chi connectivity index (χ3v) is 5.79. The molecule has 0 spiro atoms. The number of nitrogens with zero attached hydrogens (tertiary/aromatic N) is 1. The van der Waals surface area contributed by atoms with E-state index >= 15 is 0 Å². The van der Waals surface area contributed by atoms with E-state index in [9.17, 15) is 8.42 Å². The largest absolute Gasteiger partial charge is 0.493 e. The van der Waals surface area contributed by atoms with Crippen molar-refractivity contribution in [3.05, 3.63) is 54.1 Å². The summed E-state index contributed by atoms with van der Waals surface area (Å²) in [5.41, 5.74) is 1.60. The molecule has 7 nitrogen and oxygen atoms in total. The first-order valence-corrected chi connectivity index (χ1v) is 11.3. The van der Waals surface area contributed by atoms with Gasteiger partial charge in [0.2, 0.25) is 0 Å². The maximum Gasteiger partial charge on any atom is 0.195 e. The first-order valence-electron chi connectivity index (χ1n) is 9.50. The Bertz CT molecular complexity index is 899. The zero-order valence-electron chi connectivity index (χ0n) is 17.1. The Morgan fingerprint density at radius 3 is 2.52 bits per heavy atom. The number of guanidine groups is 1. The Hall–Kier alpha value is -2.74. The number of anilines is 1. The number of rotatable bonds is 10. The number of nitrogens with one attached hydrogen (secondary N) is 2. The van der Waals surface area contributed by atoms with E-state index in [-0.39, 0.29) is 11.5 Å². The minimum absolute atomic E-state index is 0.0624. The fourth-order valence-corrected chi connectivity index (χ4v) is 4.17. The number of aliphatic imine (C=N–C) groups is 1. The van der Waals surface area contributed by atoms with E-state index in [0.717, 1.165) is 11.3 Å². The molecule has 0 radical (unpaired) electrons. The van der Waals surface area contributed by atoms with Gasteiger partial charge in [0.1, 0.15) is 0 Å². The molecule has 2 rings (SSSR count). The smallest absolute Gasteiger partial charge is 0.195 e. The van der Waals surface area contributed by atoms with Gasteiger partial charge < -0.3 is 20.1 Å². The van der Waals surface area contributed by atoms with E-state index in [1.165, 1.54) is 0 Å². The highest BCUT2D eigenvalue weighted by Gasteiger charge is 2.12. The molecule has 2 aromatic carbocycles. The molecular weight excluding hydrogens is 390 g/mol. The number of hydrogen-bond donors (Lipinski definition) is 2. The summed E-state index contributed by atoms with van der Waals surface area (Å²) in [4.78, 5) is 4.18. The first-order chi connectivity index (χ1) is 14.0. The normalized spacial score (nSPS) is 11.8. The third kappa shape index (κ3) is 7.65. The van der Waals surface area contributed by atoms with Crippen molar-refractivity contribution >= 4 is 21.5 Å². The van der Waals surface area contributed by atoms with Gasteiger partial charge in [-0.25, -0.2) is 8.42 Å². The highest BCUT2D eigenvalue weighted by Crippen LogP contribution is 2.30. The summed E-state index contributed by atoms with van der Waals surface area (Å²) >= 11 is 0. The van der Waals surface area contributed by atoms with Gasteiger partial charge in [-0.3, -0.25) is 4.99 Å². The first kappa shape index (κ1) is 22.5. The zero-order valence-corrected chi connectivity index (χ0v) is 18.0. The molecular formula is C21H29N3O4S. The molecule has 0 saturated carbocycles. The summed E-state index contributed by atoms with van der Waals surface area (Å²) in [6.07, 6.45) is 0.489. The predicted molar refractivity (Wildman–Crippen MR) is 118 cm³/mol. The van der Waals surface area contributed by atoms with Crippen LogP contribution < -0.4 is 20.1 Å². The van der Waals surface area contributed by atoms with Gasteiger partial charge >= 0.3 is 0 Å². The van der Waals surface area contributed by atoms with Gasteiger partial charge in [0.15, 0.2) is 27.3 Å². The topological polar surface area (TPSA) is 89.0 Å². The molecule has 0 unspecified atom stereocenters. The van der Waals surface area contributed by atoms with Gasteiger partial charge in [-0.05, 0) is 31.0 Å². The lowest BCUT2D eigenvalue weighted by Crippen LogP contribution is -2.32. The molecule has 0 saturated heterocycles. The summed E-state index contributed by atoms with van der Waals surface area (Å²) in [6, 6.07) is 14.7. The SMILES string of the molecule is CCOc1cc(NC(=NC)NCCCS(=O)(=O)Cc2ccccc2)ccc1OC. The maximum absolute atomic E-state index is 12.3. The minimum Gasteiger partial charge on any atom is -0.493 e. The molecule has 0 heterocycles. The van der Waals surface area contributed by atoms with E-state index in [4.69, 9.17) is 9.47 Å². The van der Waals surface area contributed by atoms with Crippen LogP contribution in [-0.2, 0) is 15.6 Å². The Labute approximate surface area is 173 Å². The molecule has 0 aliphatic rings. The average Bonchev–Trinajstić information content (AvgIpc) is 2.71. The van der Waals surface area contributed by atoms with Crippen LogP contribution in [0.5, 0.6) is 11.5 Å². The van der Waals surface area contributed by atoms with Crippen molar-refractivity contribution in [2.45, 2.75) is 19.1 Å². The van der Waals surface area contributed by atoms with Crippen molar-refractivity contribution in [1.82, 2.24) is 5.32 Å². The lowest BCUT2D eigenvalue weighted by atomic mass is 10.2. The van der Waals surface area contributed by atoms with Crippen molar-refractivity contribution in [2.75, 3.05) is 38.4 Å². The number of methoxy groups -OCH3 is 1. The Balaban J connectivity index is 1.84. The number of ether oxygens (including phenoxy) is 2. The summed E-state index contributed by atoms with van der Waals surface area (Å²) < 4.78 is 35.4. The van der Waals surface area contributed by atoms with Crippen LogP contribution >= 0.6 is 0 Å². The maximum atomic E-state index is 12.3. The number of hydrogen-bond acceptors (Lipinski definition) is 5. The lowest BCUT2D eigenvalue weighted by molar-refractivity contribution is 0.311. The van der Waals surface area contributed by atoms with Gasteiger partial charge in [-0.2, -0.15) is 0 Å². The van der Waals surface area contributed by atoms with Crippen LogP contribution in [0.1, 0.15) is 18.9 Å². The van der Waals surface area contributed by atoms with E-state index in [1.807, 2.05) is 55.5 Å². The van der Waals surface area contributed by atoms with Crippen molar-refractivity contribution < 1.29 is 17.9 Å². The number of sulfone groups is 1. The fraction of sp³-hybridized carbons (Fsp3) is 0.381. The molecule has 0 fully saturated rings. The van der Waals surface area contributed by atoms with Crippen LogP contribution in [0, 0.1) is 0 Å². The van der Waals surface area contributed by atoms with E-state index in [1.54, 1.807) is 14.2 Å². The zero-order chi connectivity index (χ0) is 21.1. The second kappa shape index (κ2) is 11.3. The van der Waals surface area contributed by atoms with E-state index in [2.05, 4.69) is 15.6 Å². The monoisotopic (exact) mass is 419 g/mol. The Kier molecular flexibility index (Phi) is 8.79. The predicted octanol–water partition coefficient (Wildman–Crippen LogP) is 3.09. The molecule has 2 N–H and O–H groups in total. The molecule has 158 valence electrons. The summed E-state index contributed by atoms with van der Waals surface area (Å²) in [5.74, 6) is 2.03. The molecule has 0 aromatic heterocycles. The van der Waals surface area contributed by atoms with Crippen LogP contribution in [0.3, 0.4) is 0 Å². The summed E-state index contributed by atoms with van der Waals surface area (Å²) in [7, 11) is 0.107. The van der Waals surface area contributed by atoms with Crippen LogP contribution in [0.4, 0.5) is 5.69 Å². The molecule has 0 atom stereocenters. The summed E-state index contributed by atoms with van der Waals surface area (Å²) in [5, 5.41) is 6.31. The van der Waals surface area contributed by atoms with Crippen LogP contribution in [0.15, 0.2) is 53.5 Å². The highest BCUT2D eigenvalue weighted by atomic mass is 32.2. The average molecular weight is 420 g/mol. The Morgan fingerprint density at radius 2 is 1.86 bits per heavy atom. The minimum atomic E-state index is -3.15. The van der Waals surface area contributed by atoms with Gasteiger partial charge in [0.25, 0.3) is 0 Å². The van der Waals surface area contributed by atoms with Crippen molar-refractivity contribution in [1.29, 1.82) is 0 Å². The molecule has 29 heavy (non-hydrogen) atoms. The lowest BCUT2D eigenvalue weighted by Gasteiger charge is -2.14. The molecule has 0 aliphatic heterocycles. The van der Waals surface area contributed by atoms with Crippen molar-refractivity contribution in [3.63, 3.8) is 0 Å². The van der Waals surface area contributed by atoms with Crippen LogP contribution in [-0.4, -0.2) is 47.4 Å². The van der Waals surface area contributed by atoms with Gasteiger partial charge in [-0.15, -0.1) is 0 Å². The van der Waals surface area contributed by atoms with Gasteiger partial charge in [-0.1, -0.05) is 30.3 Å². The summed E-state index contributed by atoms with van der Waals surface area (Å²) in [6.45, 7) is 2.93. The highest BCUT2D eigenvalue weighted by molar-refractivity contribution is 7.90. The van der Waals surface area contributed by atoms with E-state index < -0.39 is 9.84 Å². The standard InChI is InChI=1S/C21H29N3O4S/c1-4-28-20-15-18(11-12-19(20)27-3)24-21(22-2)23-13-8-14-29(25,26)16-17-9-6-5-7-10-17/h5-7,9-12,15H,4,8,13-14,16H2,1-3H3,(H2,22,23,24). The third-order valence-electron chi connectivity index (χ3n) is 4.10. The molecule has 0 aliphatic carbocycles. The van der Waals surface area contributed by atoms with Crippen LogP contribution in [0.25, 0.3) is 0 Å². The molecule has 2 aromatic rings. The second-order valence-electron chi connectivity index (χ2n) is 6.35. The fourth-order valence-electron chi connectivity index (χ4n) is 2.74. The molecule has 8 heteroatoms. The van der Waals surface area contributed by atoms with Gasteiger partial charge in [0, 0.05) is 25.3 Å². The van der Waals surface area contributed by atoms with Crippen molar-refractivity contribution in [2.24, 2.45) is 4.99 Å². The molecule has 0 bridgehead atoms. The quantitative estimate of drug-likeness (QED) is 0.349. The van der Waals surface area contributed by atoms with E-state index in [0.29, 0.717) is 37.0 Å².